The fraction of sp³-hybridized carbons (Fsp3) is 0.333. The van der Waals surface area contributed by atoms with Crippen molar-refractivity contribution in [3.63, 3.8) is 0 Å². The summed E-state index contributed by atoms with van der Waals surface area (Å²) >= 11 is 3.40. The van der Waals surface area contributed by atoms with Crippen LogP contribution in [-0.4, -0.2) is 11.1 Å². The molecule has 0 saturated carbocycles. The summed E-state index contributed by atoms with van der Waals surface area (Å²) in [5, 5.41) is 13.1. The molecular weight excluding hydrogens is 254 g/mol. The van der Waals surface area contributed by atoms with Crippen molar-refractivity contribution in [3.8, 4) is 5.75 Å². The van der Waals surface area contributed by atoms with Crippen LogP contribution in [0.4, 0.5) is 0 Å². The zero-order valence-electron chi connectivity index (χ0n) is 8.41. The summed E-state index contributed by atoms with van der Waals surface area (Å²) in [6.45, 7) is 0.720. The van der Waals surface area contributed by atoms with Crippen LogP contribution in [0.5, 0.6) is 5.75 Å². The van der Waals surface area contributed by atoms with Gasteiger partial charge in [0.05, 0.1) is 0 Å². The number of phenolic OH excluding ortho intramolecular Hbond substituents is 1. The molecule has 0 fully saturated rings. The third-order valence-electron chi connectivity index (χ3n) is 2.63. The van der Waals surface area contributed by atoms with Gasteiger partial charge in [0.25, 0.3) is 0 Å². The number of rotatable bonds is 3. The lowest BCUT2D eigenvalue weighted by Gasteiger charge is -2.12. The van der Waals surface area contributed by atoms with Gasteiger partial charge in [0.15, 0.2) is 0 Å². The Bertz CT molecular complexity index is 368. The maximum absolute atomic E-state index is 9.63. The standard InChI is InChI=1S/C12H14BrNO/c13-10-5-6-12(15)9(7-10)8-14-11-3-1-2-4-11/h1-2,5-7,11,14-15H,3-4,8H2. The Hall–Kier alpha value is -0.800. The van der Waals surface area contributed by atoms with Crippen LogP contribution in [-0.2, 0) is 6.54 Å². The van der Waals surface area contributed by atoms with Crippen LogP contribution in [0.2, 0.25) is 0 Å². The Morgan fingerprint density at radius 1 is 1.33 bits per heavy atom. The first-order valence-electron chi connectivity index (χ1n) is 5.11. The van der Waals surface area contributed by atoms with E-state index in [1.165, 1.54) is 0 Å². The lowest BCUT2D eigenvalue weighted by atomic mass is 10.1. The largest absolute Gasteiger partial charge is 0.508 e. The third kappa shape index (κ3) is 2.83. The van der Waals surface area contributed by atoms with Crippen molar-refractivity contribution in [3.05, 3.63) is 40.4 Å². The lowest BCUT2D eigenvalue weighted by Crippen LogP contribution is -2.25. The van der Waals surface area contributed by atoms with E-state index in [1.54, 1.807) is 6.07 Å². The fourth-order valence-corrected chi connectivity index (χ4v) is 2.14. The maximum Gasteiger partial charge on any atom is 0.120 e. The van der Waals surface area contributed by atoms with Crippen LogP contribution in [0.1, 0.15) is 18.4 Å². The molecule has 0 atom stereocenters. The summed E-state index contributed by atoms with van der Waals surface area (Å²) < 4.78 is 1.00. The quantitative estimate of drug-likeness (QED) is 0.826. The van der Waals surface area contributed by atoms with Gasteiger partial charge in [-0.1, -0.05) is 28.1 Å². The Labute approximate surface area is 98.1 Å². The predicted octanol–water partition coefficient (Wildman–Crippen LogP) is 2.96. The Morgan fingerprint density at radius 3 is 2.80 bits per heavy atom. The predicted molar refractivity (Wildman–Crippen MR) is 64.8 cm³/mol. The summed E-state index contributed by atoms with van der Waals surface area (Å²) in [4.78, 5) is 0. The Balaban J connectivity index is 1.95. The number of benzene rings is 1. The van der Waals surface area contributed by atoms with Crippen LogP contribution in [0.25, 0.3) is 0 Å². The second-order valence-corrected chi connectivity index (χ2v) is 4.71. The highest BCUT2D eigenvalue weighted by molar-refractivity contribution is 9.10. The van der Waals surface area contributed by atoms with E-state index in [4.69, 9.17) is 0 Å². The number of phenols is 1. The number of nitrogens with one attached hydrogen (secondary N) is 1. The second kappa shape index (κ2) is 4.81. The van der Waals surface area contributed by atoms with Crippen molar-refractivity contribution in [2.45, 2.75) is 25.4 Å². The van der Waals surface area contributed by atoms with Crippen molar-refractivity contribution in [2.75, 3.05) is 0 Å². The van der Waals surface area contributed by atoms with E-state index in [0.717, 1.165) is 29.4 Å². The lowest BCUT2D eigenvalue weighted by molar-refractivity contribution is 0.457. The minimum atomic E-state index is 0.358. The van der Waals surface area contributed by atoms with E-state index in [2.05, 4.69) is 33.4 Å². The minimum Gasteiger partial charge on any atom is -0.508 e. The number of aromatic hydroxyl groups is 1. The van der Waals surface area contributed by atoms with Gasteiger partial charge >= 0.3 is 0 Å². The molecule has 0 unspecified atom stereocenters. The number of hydrogen-bond donors (Lipinski definition) is 2. The second-order valence-electron chi connectivity index (χ2n) is 3.79. The van der Waals surface area contributed by atoms with Crippen LogP contribution < -0.4 is 5.32 Å². The molecule has 0 heterocycles. The molecule has 0 radical (unpaired) electrons. The van der Waals surface area contributed by atoms with Gasteiger partial charge in [-0.05, 0) is 31.0 Å². The normalized spacial score (nSPS) is 16.1. The Morgan fingerprint density at radius 2 is 2.07 bits per heavy atom. The molecule has 0 saturated heterocycles. The summed E-state index contributed by atoms with van der Waals surface area (Å²) in [5.74, 6) is 0.358. The zero-order chi connectivity index (χ0) is 10.7. The average Bonchev–Trinajstić information content (AvgIpc) is 2.72. The third-order valence-corrected chi connectivity index (χ3v) is 3.12. The van der Waals surface area contributed by atoms with Gasteiger partial charge in [0.1, 0.15) is 5.75 Å². The molecule has 3 heteroatoms. The van der Waals surface area contributed by atoms with Crippen LogP contribution >= 0.6 is 15.9 Å². The van der Waals surface area contributed by atoms with Gasteiger partial charge in [0, 0.05) is 22.6 Å². The molecule has 2 N–H and O–H groups in total. The molecule has 1 aromatic carbocycles. The molecule has 0 aromatic heterocycles. The highest BCUT2D eigenvalue weighted by Crippen LogP contribution is 2.22. The molecule has 1 aromatic rings. The van der Waals surface area contributed by atoms with Crippen LogP contribution in [0, 0.1) is 0 Å². The SMILES string of the molecule is Oc1ccc(Br)cc1CNC1CC=CC1. The summed E-state index contributed by atoms with van der Waals surface area (Å²) in [6, 6.07) is 6.04. The first-order valence-corrected chi connectivity index (χ1v) is 5.91. The van der Waals surface area contributed by atoms with Gasteiger partial charge in [-0.2, -0.15) is 0 Å². The summed E-state index contributed by atoms with van der Waals surface area (Å²) in [6.07, 6.45) is 6.57. The smallest absolute Gasteiger partial charge is 0.120 e. The molecule has 1 aliphatic carbocycles. The molecule has 2 rings (SSSR count). The molecule has 80 valence electrons. The maximum atomic E-state index is 9.63. The van der Waals surface area contributed by atoms with Crippen molar-refractivity contribution < 1.29 is 5.11 Å². The minimum absolute atomic E-state index is 0.358. The topological polar surface area (TPSA) is 32.3 Å². The van der Waals surface area contributed by atoms with Crippen molar-refractivity contribution >= 4 is 15.9 Å². The first kappa shape index (κ1) is 10.7. The molecule has 1 aliphatic rings. The first-order chi connectivity index (χ1) is 7.25. The molecular formula is C12H14BrNO. The number of hydrogen-bond acceptors (Lipinski definition) is 2. The van der Waals surface area contributed by atoms with Gasteiger partial charge in [-0.3, -0.25) is 0 Å². The van der Waals surface area contributed by atoms with Gasteiger partial charge in [-0.15, -0.1) is 0 Å². The van der Waals surface area contributed by atoms with E-state index in [1.807, 2.05) is 12.1 Å². The molecule has 0 amide bonds. The van der Waals surface area contributed by atoms with E-state index >= 15 is 0 Å². The molecule has 0 bridgehead atoms. The highest BCUT2D eigenvalue weighted by atomic mass is 79.9. The van der Waals surface area contributed by atoms with E-state index in [0.29, 0.717) is 11.8 Å². The van der Waals surface area contributed by atoms with Crippen molar-refractivity contribution in [2.24, 2.45) is 0 Å². The molecule has 0 aliphatic heterocycles. The number of halogens is 1. The van der Waals surface area contributed by atoms with Crippen molar-refractivity contribution in [1.82, 2.24) is 5.32 Å². The van der Waals surface area contributed by atoms with E-state index < -0.39 is 0 Å². The van der Waals surface area contributed by atoms with Crippen LogP contribution in [0.15, 0.2) is 34.8 Å². The monoisotopic (exact) mass is 267 g/mol. The van der Waals surface area contributed by atoms with Crippen LogP contribution in [0.3, 0.4) is 0 Å². The highest BCUT2D eigenvalue weighted by Gasteiger charge is 2.10. The zero-order valence-corrected chi connectivity index (χ0v) is 10.00. The van der Waals surface area contributed by atoms with E-state index in [9.17, 15) is 5.11 Å². The van der Waals surface area contributed by atoms with Gasteiger partial charge in [-0.25, -0.2) is 0 Å². The average molecular weight is 268 g/mol. The summed E-state index contributed by atoms with van der Waals surface area (Å²) in [5.41, 5.74) is 0.941. The molecule has 15 heavy (non-hydrogen) atoms. The van der Waals surface area contributed by atoms with E-state index in [-0.39, 0.29) is 0 Å². The molecule has 0 spiro atoms. The van der Waals surface area contributed by atoms with Crippen molar-refractivity contribution in [1.29, 1.82) is 0 Å². The molecule has 2 nitrogen and oxygen atoms in total. The van der Waals surface area contributed by atoms with Gasteiger partial charge in [0.2, 0.25) is 0 Å². The fourth-order valence-electron chi connectivity index (χ4n) is 1.73. The Kier molecular flexibility index (Phi) is 3.44. The summed E-state index contributed by atoms with van der Waals surface area (Å²) in [7, 11) is 0. The van der Waals surface area contributed by atoms with Gasteiger partial charge < -0.3 is 10.4 Å².